The van der Waals surface area contributed by atoms with Crippen molar-refractivity contribution >= 4 is 15.9 Å². The zero-order chi connectivity index (χ0) is 14.6. The molecule has 110 valence electrons. The number of ether oxygens (including phenoxy) is 1. The van der Waals surface area contributed by atoms with Crippen LogP contribution in [0.4, 0.5) is 0 Å². The predicted octanol–water partition coefficient (Wildman–Crippen LogP) is 1.79. The molecule has 0 spiro atoms. The monoisotopic (exact) mass is 296 g/mol. The van der Waals surface area contributed by atoms with E-state index in [-0.39, 0.29) is 0 Å². The maximum absolute atomic E-state index is 11.9. The molecule has 0 aliphatic carbocycles. The minimum atomic E-state index is -3.43. The number of hydrogen-bond acceptors (Lipinski definition) is 4. The van der Waals surface area contributed by atoms with Crippen molar-refractivity contribution in [3.8, 4) is 0 Å². The molecular weight excluding hydrogens is 276 g/mol. The first-order chi connectivity index (χ1) is 9.50. The lowest BCUT2D eigenvalue weighted by molar-refractivity contribution is 0.131. The first kappa shape index (κ1) is 15.0. The minimum Gasteiger partial charge on any atom is -0.380 e. The third-order valence-corrected chi connectivity index (χ3v) is 4.40. The first-order valence-corrected chi connectivity index (χ1v) is 8.23. The van der Waals surface area contributed by atoms with Gasteiger partial charge in [0.15, 0.2) is 0 Å². The number of nitrogens with zero attached hydrogens (tertiary/aromatic N) is 1. The molecule has 1 aromatic carbocycles. The zero-order valence-corrected chi connectivity index (χ0v) is 12.6. The van der Waals surface area contributed by atoms with Crippen LogP contribution in [0.25, 0.3) is 0 Å². The van der Waals surface area contributed by atoms with Crippen molar-refractivity contribution in [3.05, 3.63) is 29.8 Å². The van der Waals surface area contributed by atoms with E-state index in [1.165, 1.54) is 0 Å². The lowest BCUT2D eigenvalue weighted by Gasteiger charge is -2.05. The Labute approximate surface area is 120 Å². The van der Waals surface area contributed by atoms with Gasteiger partial charge in [0.1, 0.15) is 5.84 Å². The van der Waals surface area contributed by atoms with Crippen molar-refractivity contribution in [2.75, 3.05) is 19.8 Å². The van der Waals surface area contributed by atoms with Crippen molar-refractivity contribution < 1.29 is 13.2 Å². The van der Waals surface area contributed by atoms with Gasteiger partial charge in [-0.2, -0.15) is 0 Å². The van der Waals surface area contributed by atoms with Gasteiger partial charge in [0, 0.05) is 12.2 Å². The second-order valence-corrected chi connectivity index (χ2v) is 6.78. The van der Waals surface area contributed by atoms with E-state index >= 15 is 0 Å². The Morgan fingerprint density at radius 3 is 2.75 bits per heavy atom. The van der Waals surface area contributed by atoms with E-state index in [4.69, 9.17) is 4.74 Å². The Balaban J connectivity index is 1.93. The SMILES string of the molecule is CC(C)CCOCCN=C1NS(=O)(=O)c2ccccc21. The highest BCUT2D eigenvalue weighted by Crippen LogP contribution is 2.21. The van der Waals surface area contributed by atoms with E-state index in [1.807, 2.05) is 0 Å². The predicted molar refractivity (Wildman–Crippen MR) is 78.4 cm³/mol. The van der Waals surface area contributed by atoms with Crippen LogP contribution in [-0.2, 0) is 14.8 Å². The largest absolute Gasteiger partial charge is 0.380 e. The topological polar surface area (TPSA) is 67.8 Å². The molecule has 6 heteroatoms. The van der Waals surface area contributed by atoms with Crippen LogP contribution in [0.5, 0.6) is 0 Å². The van der Waals surface area contributed by atoms with Gasteiger partial charge in [0.2, 0.25) is 0 Å². The average molecular weight is 296 g/mol. The number of amidine groups is 1. The van der Waals surface area contributed by atoms with Crippen molar-refractivity contribution in [3.63, 3.8) is 0 Å². The van der Waals surface area contributed by atoms with E-state index < -0.39 is 10.0 Å². The van der Waals surface area contributed by atoms with E-state index in [0.717, 1.165) is 6.42 Å². The van der Waals surface area contributed by atoms with E-state index in [9.17, 15) is 8.42 Å². The van der Waals surface area contributed by atoms with Gasteiger partial charge in [-0.25, -0.2) is 8.42 Å². The summed E-state index contributed by atoms with van der Waals surface area (Å²) in [7, 11) is -3.43. The summed E-state index contributed by atoms with van der Waals surface area (Å²) in [6.07, 6.45) is 1.02. The maximum atomic E-state index is 11.9. The molecule has 0 aromatic heterocycles. The Hall–Kier alpha value is -1.40. The highest BCUT2D eigenvalue weighted by Gasteiger charge is 2.29. The Morgan fingerprint density at radius 1 is 1.25 bits per heavy atom. The molecule has 0 saturated carbocycles. The van der Waals surface area contributed by atoms with Crippen molar-refractivity contribution in [1.29, 1.82) is 0 Å². The first-order valence-electron chi connectivity index (χ1n) is 6.75. The fourth-order valence-electron chi connectivity index (χ4n) is 1.89. The average Bonchev–Trinajstić information content (AvgIpc) is 2.66. The molecule has 1 aromatic rings. The summed E-state index contributed by atoms with van der Waals surface area (Å²) in [6.45, 7) is 5.96. The summed E-state index contributed by atoms with van der Waals surface area (Å²) >= 11 is 0. The molecule has 0 fully saturated rings. The molecule has 20 heavy (non-hydrogen) atoms. The number of hydrogen-bond donors (Lipinski definition) is 1. The number of aliphatic imine (C=N–C) groups is 1. The molecule has 1 heterocycles. The minimum absolute atomic E-state index is 0.291. The molecule has 1 N–H and O–H groups in total. The summed E-state index contributed by atoms with van der Waals surface area (Å²) in [5, 5.41) is 0. The molecule has 1 aliphatic rings. The van der Waals surface area contributed by atoms with Crippen molar-refractivity contribution in [2.24, 2.45) is 10.9 Å². The molecule has 1 aliphatic heterocycles. The van der Waals surface area contributed by atoms with Gasteiger partial charge in [-0.3, -0.25) is 9.71 Å². The molecule has 2 rings (SSSR count). The standard InChI is InChI=1S/C14H20N2O3S/c1-11(2)7-9-19-10-8-15-14-12-5-3-4-6-13(12)20(17,18)16-14/h3-6,11H,7-10H2,1-2H3,(H,15,16). The number of benzene rings is 1. The summed E-state index contributed by atoms with van der Waals surface area (Å²) in [5.74, 6) is 1.03. The normalized spacial score (nSPS) is 18.2. The molecule has 0 atom stereocenters. The van der Waals surface area contributed by atoms with Crippen LogP contribution < -0.4 is 4.72 Å². The molecule has 0 amide bonds. The van der Waals surface area contributed by atoms with Crippen LogP contribution >= 0.6 is 0 Å². The van der Waals surface area contributed by atoms with Crippen LogP contribution in [0.15, 0.2) is 34.2 Å². The van der Waals surface area contributed by atoms with Crippen LogP contribution in [0.2, 0.25) is 0 Å². The smallest absolute Gasteiger partial charge is 0.263 e. The van der Waals surface area contributed by atoms with Gasteiger partial charge in [-0.05, 0) is 24.5 Å². The highest BCUT2D eigenvalue weighted by molar-refractivity contribution is 7.90. The summed E-state index contributed by atoms with van der Waals surface area (Å²) in [5.41, 5.74) is 0.634. The number of nitrogens with one attached hydrogen (secondary N) is 1. The van der Waals surface area contributed by atoms with Crippen LogP contribution in [0.3, 0.4) is 0 Å². The number of rotatable bonds is 6. The van der Waals surface area contributed by atoms with Gasteiger partial charge in [0.25, 0.3) is 10.0 Å². The second-order valence-electron chi connectivity index (χ2n) is 5.13. The van der Waals surface area contributed by atoms with Crippen LogP contribution in [-0.4, -0.2) is 34.0 Å². The fourth-order valence-corrected chi connectivity index (χ4v) is 3.15. The maximum Gasteiger partial charge on any atom is 0.263 e. The summed E-state index contributed by atoms with van der Waals surface area (Å²) in [6, 6.07) is 6.84. The molecule has 0 unspecified atom stereocenters. The fraction of sp³-hybridized carbons (Fsp3) is 0.500. The van der Waals surface area contributed by atoms with E-state index in [1.54, 1.807) is 24.3 Å². The van der Waals surface area contributed by atoms with Gasteiger partial charge in [-0.1, -0.05) is 26.0 Å². The second kappa shape index (κ2) is 6.37. The molecule has 5 nitrogen and oxygen atoms in total. The molecular formula is C14H20N2O3S. The van der Waals surface area contributed by atoms with E-state index in [0.29, 0.717) is 42.0 Å². The van der Waals surface area contributed by atoms with Crippen LogP contribution in [0, 0.1) is 5.92 Å². The lowest BCUT2D eigenvalue weighted by Crippen LogP contribution is -2.22. The number of sulfonamides is 1. The third kappa shape index (κ3) is 3.58. The third-order valence-electron chi connectivity index (χ3n) is 3.01. The van der Waals surface area contributed by atoms with E-state index in [2.05, 4.69) is 23.6 Å². The summed E-state index contributed by atoms with van der Waals surface area (Å²) in [4.78, 5) is 4.57. The van der Waals surface area contributed by atoms with Crippen molar-refractivity contribution in [1.82, 2.24) is 4.72 Å². The molecule has 0 radical (unpaired) electrons. The molecule has 0 saturated heterocycles. The van der Waals surface area contributed by atoms with Crippen molar-refractivity contribution in [2.45, 2.75) is 25.2 Å². The highest BCUT2D eigenvalue weighted by atomic mass is 32.2. The quantitative estimate of drug-likeness (QED) is 0.814. The number of fused-ring (bicyclic) bond motifs is 1. The zero-order valence-electron chi connectivity index (χ0n) is 11.8. The van der Waals surface area contributed by atoms with Gasteiger partial charge < -0.3 is 4.74 Å². The van der Waals surface area contributed by atoms with Gasteiger partial charge in [0.05, 0.1) is 18.0 Å². The summed E-state index contributed by atoms with van der Waals surface area (Å²) < 4.78 is 31.6. The lowest BCUT2D eigenvalue weighted by atomic mass is 10.1. The molecule has 0 bridgehead atoms. The Morgan fingerprint density at radius 2 is 2.00 bits per heavy atom. The Bertz CT molecular complexity index is 594. The van der Waals surface area contributed by atoms with Crippen LogP contribution in [0.1, 0.15) is 25.8 Å². The van der Waals surface area contributed by atoms with Gasteiger partial charge in [-0.15, -0.1) is 0 Å². The Kier molecular flexibility index (Phi) is 4.77. The van der Waals surface area contributed by atoms with Gasteiger partial charge >= 0.3 is 0 Å².